The van der Waals surface area contributed by atoms with Gasteiger partial charge in [0.1, 0.15) is 18.2 Å². The highest BCUT2D eigenvalue weighted by Crippen LogP contribution is 2.26. The number of nitrogens with one attached hydrogen (secondary N) is 2. The van der Waals surface area contributed by atoms with Crippen molar-refractivity contribution in [2.75, 3.05) is 18.0 Å². The molecule has 11 nitrogen and oxygen atoms in total. The third-order valence-corrected chi connectivity index (χ3v) is 8.48. The molecular formula is C31H42Cl2N8O3. The van der Waals surface area contributed by atoms with Gasteiger partial charge >= 0.3 is 0 Å². The number of piperidine rings is 1. The number of Topliss-reactive ketones (excluding diaryl/α,β-unsaturated/α-hetero) is 1. The van der Waals surface area contributed by atoms with Crippen LogP contribution in [0.4, 0.5) is 5.69 Å². The maximum absolute atomic E-state index is 13.5. The molecule has 2 fully saturated rings. The topological polar surface area (TPSA) is 150 Å². The number of benzene rings is 1. The molecule has 238 valence electrons. The van der Waals surface area contributed by atoms with E-state index in [-0.39, 0.29) is 68.2 Å². The zero-order valence-corrected chi connectivity index (χ0v) is 26.7. The van der Waals surface area contributed by atoms with Crippen LogP contribution in [0.25, 0.3) is 11.0 Å². The summed E-state index contributed by atoms with van der Waals surface area (Å²) in [5, 5.41) is 11.0. The van der Waals surface area contributed by atoms with Gasteiger partial charge in [-0.3, -0.25) is 24.8 Å². The van der Waals surface area contributed by atoms with E-state index in [1.807, 2.05) is 22.8 Å². The number of imidazole rings is 1. The van der Waals surface area contributed by atoms with E-state index in [2.05, 4.69) is 15.2 Å². The number of carbonyl (C=O) groups is 3. The largest absolute Gasteiger partial charge is 0.384 e. The number of fused-ring (bicyclic) bond motifs is 1. The van der Waals surface area contributed by atoms with Crippen molar-refractivity contribution in [3.8, 4) is 0 Å². The Balaban J connectivity index is 0.00000264. The van der Waals surface area contributed by atoms with Gasteiger partial charge in [0.25, 0.3) is 5.91 Å². The summed E-state index contributed by atoms with van der Waals surface area (Å²) in [5.41, 5.74) is 8.66. The van der Waals surface area contributed by atoms with Crippen molar-refractivity contribution in [1.82, 2.24) is 24.8 Å². The Bertz CT molecular complexity index is 1450. The predicted molar refractivity (Wildman–Crippen MR) is 176 cm³/mol. The SMILES string of the molecule is CCC(=O)C(=O)N(Cc1nc2cc(C(=N)N)ccc2n1CC(=O)NC1CCCCC1)C1CCN(c2ccncc2)CC1.Cl.Cl. The molecule has 1 aromatic carbocycles. The Labute approximate surface area is 270 Å². The smallest absolute Gasteiger partial charge is 0.290 e. The van der Waals surface area contributed by atoms with Gasteiger partial charge in [-0.25, -0.2) is 4.98 Å². The Morgan fingerprint density at radius 1 is 1.02 bits per heavy atom. The number of hydrogen-bond donors (Lipinski definition) is 3. The first-order valence-corrected chi connectivity index (χ1v) is 15.0. The lowest BCUT2D eigenvalue weighted by molar-refractivity contribution is -0.147. The minimum Gasteiger partial charge on any atom is -0.384 e. The van der Waals surface area contributed by atoms with Gasteiger partial charge < -0.3 is 25.4 Å². The van der Waals surface area contributed by atoms with E-state index in [0.717, 1.165) is 50.0 Å². The standard InChI is InChI=1S/C31H40N8O3.2ClH/c1-2-27(40)31(42)38(24-12-16-37(17-13-24)23-10-14-34-15-11-23)19-28-36-25-18-21(30(32)33)8-9-26(25)39(28)20-29(41)35-22-6-4-3-5-7-22;;/h8-11,14-15,18,22,24H,2-7,12-13,16-17,19-20H2,1H3,(H3,32,33)(H,35,41);2*1H. The summed E-state index contributed by atoms with van der Waals surface area (Å²) in [7, 11) is 0. The summed E-state index contributed by atoms with van der Waals surface area (Å²) in [6.45, 7) is 3.32. The van der Waals surface area contributed by atoms with Gasteiger partial charge in [0.15, 0.2) is 0 Å². The van der Waals surface area contributed by atoms with Crippen LogP contribution in [-0.2, 0) is 27.5 Å². The zero-order chi connectivity index (χ0) is 29.6. The molecule has 2 aliphatic rings. The molecule has 4 N–H and O–H groups in total. The first-order chi connectivity index (χ1) is 20.3. The normalized spacial score (nSPS) is 15.6. The van der Waals surface area contributed by atoms with Crippen LogP contribution in [0.1, 0.15) is 69.7 Å². The fraction of sp³-hybridized carbons (Fsp3) is 0.484. The van der Waals surface area contributed by atoms with Crippen LogP contribution in [0, 0.1) is 5.41 Å². The van der Waals surface area contributed by atoms with Crippen molar-refractivity contribution >= 4 is 65.0 Å². The van der Waals surface area contributed by atoms with Gasteiger partial charge in [0.05, 0.1) is 17.6 Å². The molecule has 0 unspecified atom stereocenters. The second-order valence-corrected chi connectivity index (χ2v) is 11.3. The second kappa shape index (κ2) is 15.9. The zero-order valence-electron chi connectivity index (χ0n) is 25.0. The average Bonchev–Trinajstić information content (AvgIpc) is 3.35. The summed E-state index contributed by atoms with van der Waals surface area (Å²) in [6, 6.07) is 9.24. The summed E-state index contributed by atoms with van der Waals surface area (Å²) >= 11 is 0. The van der Waals surface area contributed by atoms with Gasteiger partial charge in [-0.05, 0) is 56.0 Å². The van der Waals surface area contributed by atoms with Crippen molar-refractivity contribution in [2.45, 2.75) is 83.5 Å². The van der Waals surface area contributed by atoms with Crippen LogP contribution in [0.15, 0.2) is 42.7 Å². The number of nitrogens with zero attached hydrogens (tertiary/aromatic N) is 5. The lowest BCUT2D eigenvalue weighted by atomic mass is 9.95. The van der Waals surface area contributed by atoms with Gasteiger partial charge in [-0.1, -0.05) is 26.2 Å². The number of aromatic nitrogens is 3. The molecule has 5 rings (SSSR count). The first kappa shape index (κ1) is 34.8. The summed E-state index contributed by atoms with van der Waals surface area (Å²) in [6.07, 6.45) is 10.4. The highest BCUT2D eigenvalue weighted by atomic mass is 35.5. The quantitative estimate of drug-likeness (QED) is 0.172. The number of halogens is 2. The van der Waals surface area contributed by atoms with Crippen LogP contribution in [0.2, 0.25) is 0 Å². The molecule has 2 amide bonds. The van der Waals surface area contributed by atoms with Crippen LogP contribution in [0.3, 0.4) is 0 Å². The van der Waals surface area contributed by atoms with E-state index in [4.69, 9.17) is 16.1 Å². The summed E-state index contributed by atoms with van der Waals surface area (Å²) in [5.74, 6) is -0.614. The molecule has 0 spiro atoms. The molecule has 1 saturated heterocycles. The Kier molecular flexibility index (Phi) is 12.5. The highest BCUT2D eigenvalue weighted by molar-refractivity contribution is 6.36. The van der Waals surface area contributed by atoms with Crippen LogP contribution >= 0.6 is 24.8 Å². The molecule has 44 heavy (non-hydrogen) atoms. The van der Waals surface area contributed by atoms with Gasteiger partial charge in [-0.15, -0.1) is 24.8 Å². The first-order valence-electron chi connectivity index (χ1n) is 15.0. The molecule has 3 heterocycles. The number of hydrogen-bond acceptors (Lipinski definition) is 7. The molecule has 1 aliphatic carbocycles. The van der Waals surface area contributed by atoms with E-state index < -0.39 is 11.7 Å². The molecule has 13 heteroatoms. The lowest BCUT2D eigenvalue weighted by Gasteiger charge is -2.39. The fourth-order valence-corrected chi connectivity index (χ4v) is 6.13. The maximum Gasteiger partial charge on any atom is 0.290 e. The monoisotopic (exact) mass is 644 g/mol. The van der Waals surface area contributed by atoms with Gasteiger partial charge in [0, 0.05) is 55.2 Å². The molecular weight excluding hydrogens is 603 g/mol. The lowest BCUT2D eigenvalue weighted by Crippen LogP contribution is -2.49. The third kappa shape index (κ3) is 8.06. The number of amides is 2. The second-order valence-electron chi connectivity index (χ2n) is 11.3. The maximum atomic E-state index is 13.5. The van der Waals surface area contributed by atoms with E-state index >= 15 is 0 Å². The van der Waals surface area contributed by atoms with Crippen LogP contribution in [0.5, 0.6) is 0 Å². The Hall–Kier alpha value is -3.70. The van der Waals surface area contributed by atoms with Crippen molar-refractivity contribution in [2.24, 2.45) is 5.73 Å². The molecule has 1 aliphatic heterocycles. The van der Waals surface area contributed by atoms with E-state index in [1.165, 1.54) is 6.42 Å². The van der Waals surface area contributed by atoms with Crippen LogP contribution < -0.4 is 16.0 Å². The molecule has 1 saturated carbocycles. The summed E-state index contributed by atoms with van der Waals surface area (Å²) < 4.78 is 1.83. The number of amidine groups is 1. The molecule has 2 aromatic heterocycles. The predicted octanol–water partition coefficient (Wildman–Crippen LogP) is 3.98. The van der Waals surface area contributed by atoms with E-state index in [1.54, 1.807) is 36.4 Å². The van der Waals surface area contributed by atoms with Crippen molar-refractivity contribution in [3.05, 3.63) is 54.1 Å². The van der Waals surface area contributed by atoms with Crippen molar-refractivity contribution in [3.63, 3.8) is 0 Å². The number of carbonyl (C=O) groups excluding carboxylic acids is 3. The molecule has 0 radical (unpaired) electrons. The molecule has 0 atom stereocenters. The van der Waals surface area contributed by atoms with E-state index in [0.29, 0.717) is 29.7 Å². The number of anilines is 1. The Morgan fingerprint density at radius 3 is 2.34 bits per heavy atom. The number of rotatable bonds is 10. The fourth-order valence-electron chi connectivity index (χ4n) is 6.13. The number of pyridine rings is 1. The highest BCUT2D eigenvalue weighted by Gasteiger charge is 2.32. The Morgan fingerprint density at radius 2 is 1.70 bits per heavy atom. The van der Waals surface area contributed by atoms with Crippen molar-refractivity contribution in [1.29, 1.82) is 5.41 Å². The number of ketones is 1. The third-order valence-electron chi connectivity index (χ3n) is 8.48. The number of nitrogen functional groups attached to an aromatic ring is 1. The van der Waals surface area contributed by atoms with Crippen molar-refractivity contribution < 1.29 is 14.4 Å². The average molecular weight is 646 g/mol. The molecule has 3 aromatic rings. The van der Waals surface area contributed by atoms with Crippen LogP contribution in [-0.4, -0.2) is 68.0 Å². The molecule has 0 bridgehead atoms. The minimum absolute atomic E-state index is 0. The van der Waals surface area contributed by atoms with E-state index in [9.17, 15) is 14.4 Å². The summed E-state index contributed by atoms with van der Waals surface area (Å²) in [4.78, 5) is 52.3. The van der Waals surface area contributed by atoms with Gasteiger partial charge in [-0.2, -0.15) is 0 Å². The van der Waals surface area contributed by atoms with Gasteiger partial charge in [0.2, 0.25) is 11.7 Å². The number of nitrogens with two attached hydrogens (primary N) is 1. The minimum atomic E-state index is -0.519.